The molecule has 0 aromatic carbocycles. The molecule has 1 rings (SSSR count). The highest BCUT2D eigenvalue weighted by atomic mass is 13.9. The Morgan fingerprint density at radius 1 is 1.09 bits per heavy atom. The van der Waals surface area contributed by atoms with Crippen LogP contribution in [0.3, 0.4) is 0 Å². The van der Waals surface area contributed by atoms with E-state index in [0.29, 0.717) is 0 Å². The normalized spacial score (nSPS) is 15.5. The molecule has 0 aliphatic heterocycles. The summed E-state index contributed by atoms with van der Waals surface area (Å²) in [7, 11) is 0. The molecule has 0 heteroatoms. The van der Waals surface area contributed by atoms with Gasteiger partial charge in [0.1, 0.15) is 0 Å². The molecule has 0 bridgehead atoms. The molecular formula is C11H12. The van der Waals surface area contributed by atoms with Gasteiger partial charge < -0.3 is 0 Å². The maximum Gasteiger partial charge on any atom is -0.0100 e. The molecule has 0 amide bonds. The molecule has 0 atom stereocenters. The van der Waals surface area contributed by atoms with Crippen molar-refractivity contribution in [3.63, 3.8) is 0 Å². The van der Waals surface area contributed by atoms with E-state index in [1.54, 1.807) is 0 Å². The maximum atomic E-state index is 3.69. The summed E-state index contributed by atoms with van der Waals surface area (Å²) in [5.41, 5.74) is 1.29. The molecule has 56 valence electrons. The van der Waals surface area contributed by atoms with Gasteiger partial charge in [-0.25, -0.2) is 0 Å². The van der Waals surface area contributed by atoms with Crippen LogP contribution in [0.4, 0.5) is 0 Å². The van der Waals surface area contributed by atoms with Crippen LogP contribution in [0.15, 0.2) is 60.8 Å². The predicted molar refractivity (Wildman–Crippen MR) is 50.3 cm³/mol. The van der Waals surface area contributed by atoms with Gasteiger partial charge in [-0.05, 0) is 12.0 Å². The summed E-state index contributed by atoms with van der Waals surface area (Å²) in [4.78, 5) is 0. The first-order valence-electron chi connectivity index (χ1n) is 3.75. The third kappa shape index (κ3) is 2.85. The zero-order valence-electron chi connectivity index (χ0n) is 6.53. The van der Waals surface area contributed by atoms with Crippen LogP contribution >= 0.6 is 0 Å². The fraction of sp³-hybridized carbons (Fsp3) is 0.0909. The minimum Gasteiger partial charge on any atom is -0.103 e. The topological polar surface area (TPSA) is 0 Å². The van der Waals surface area contributed by atoms with E-state index >= 15 is 0 Å². The van der Waals surface area contributed by atoms with Crippen LogP contribution in [0.25, 0.3) is 0 Å². The Labute approximate surface area is 67.9 Å². The van der Waals surface area contributed by atoms with E-state index in [4.69, 9.17) is 0 Å². The largest absolute Gasteiger partial charge is 0.103 e. The van der Waals surface area contributed by atoms with Crippen molar-refractivity contribution in [2.24, 2.45) is 0 Å². The summed E-state index contributed by atoms with van der Waals surface area (Å²) in [6, 6.07) is 0. The van der Waals surface area contributed by atoms with Gasteiger partial charge in [-0.2, -0.15) is 0 Å². The molecule has 0 N–H and O–H groups in total. The van der Waals surface area contributed by atoms with E-state index in [-0.39, 0.29) is 0 Å². The lowest BCUT2D eigenvalue weighted by Gasteiger charge is -1.94. The first kappa shape index (κ1) is 7.80. The van der Waals surface area contributed by atoms with Gasteiger partial charge in [0, 0.05) is 0 Å². The number of allylic oxidation sites excluding steroid dienone is 9. The summed E-state index contributed by atoms with van der Waals surface area (Å²) >= 11 is 0. The Morgan fingerprint density at radius 3 is 2.64 bits per heavy atom. The zero-order chi connectivity index (χ0) is 7.94. The smallest absolute Gasteiger partial charge is 0.0100 e. The maximum absolute atomic E-state index is 3.69. The average molecular weight is 144 g/mol. The molecule has 0 fully saturated rings. The number of rotatable bonds is 2. The summed E-state index contributed by atoms with van der Waals surface area (Å²) in [6.07, 6.45) is 17.2. The summed E-state index contributed by atoms with van der Waals surface area (Å²) < 4.78 is 0. The third-order valence-corrected chi connectivity index (χ3v) is 1.45. The molecule has 0 radical (unpaired) electrons. The standard InChI is InChI=1S/C11H12/c1-2-8-11-9-6-4-3-5-7-10-11/h2-7,9-10H,1,8H2. The highest BCUT2D eigenvalue weighted by Gasteiger charge is 1.85. The molecule has 0 heterocycles. The van der Waals surface area contributed by atoms with Gasteiger partial charge in [-0.1, -0.05) is 48.6 Å². The van der Waals surface area contributed by atoms with E-state index in [0.717, 1.165) is 6.42 Å². The molecule has 0 aromatic heterocycles. The summed E-state index contributed by atoms with van der Waals surface area (Å²) in [5.74, 6) is 0. The SMILES string of the molecule is C=CCC1=CC=CC=CC=C1. The number of hydrogen-bond donors (Lipinski definition) is 0. The fourth-order valence-electron chi connectivity index (χ4n) is 0.909. The molecule has 0 nitrogen and oxygen atoms in total. The van der Waals surface area contributed by atoms with Crippen molar-refractivity contribution >= 4 is 0 Å². The Hall–Kier alpha value is -1.30. The molecule has 0 saturated carbocycles. The molecule has 0 aromatic rings. The van der Waals surface area contributed by atoms with Crippen molar-refractivity contribution in [3.8, 4) is 0 Å². The van der Waals surface area contributed by atoms with Crippen molar-refractivity contribution in [1.29, 1.82) is 0 Å². The quantitative estimate of drug-likeness (QED) is 0.522. The molecule has 11 heavy (non-hydrogen) atoms. The fourth-order valence-corrected chi connectivity index (χ4v) is 0.909. The van der Waals surface area contributed by atoms with Gasteiger partial charge in [0.2, 0.25) is 0 Å². The van der Waals surface area contributed by atoms with Crippen LogP contribution in [0, 0.1) is 0 Å². The highest BCUT2D eigenvalue weighted by molar-refractivity contribution is 5.31. The van der Waals surface area contributed by atoms with Crippen LogP contribution < -0.4 is 0 Å². The minimum absolute atomic E-state index is 0.939. The van der Waals surface area contributed by atoms with Gasteiger partial charge in [0.15, 0.2) is 0 Å². The minimum atomic E-state index is 0.939. The Kier molecular flexibility index (Phi) is 3.20. The first-order valence-corrected chi connectivity index (χ1v) is 3.75. The second-order valence-corrected chi connectivity index (χ2v) is 2.36. The van der Waals surface area contributed by atoms with Crippen LogP contribution in [-0.4, -0.2) is 0 Å². The van der Waals surface area contributed by atoms with E-state index in [1.807, 2.05) is 36.5 Å². The van der Waals surface area contributed by atoms with Crippen molar-refractivity contribution in [2.45, 2.75) is 6.42 Å². The Bertz CT molecular complexity index is 237. The van der Waals surface area contributed by atoms with Crippen molar-refractivity contribution in [2.75, 3.05) is 0 Å². The molecule has 1 aliphatic carbocycles. The Morgan fingerprint density at radius 2 is 1.82 bits per heavy atom. The third-order valence-electron chi connectivity index (χ3n) is 1.45. The van der Waals surface area contributed by atoms with Crippen molar-refractivity contribution in [3.05, 3.63) is 60.8 Å². The molecule has 0 unspecified atom stereocenters. The monoisotopic (exact) mass is 144 g/mol. The van der Waals surface area contributed by atoms with Crippen LogP contribution in [0.1, 0.15) is 6.42 Å². The van der Waals surface area contributed by atoms with Crippen LogP contribution in [0.5, 0.6) is 0 Å². The van der Waals surface area contributed by atoms with Gasteiger partial charge >= 0.3 is 0 Å². The summed E-state index contributed by atoms with van der Waals surface area (Å²) in [6.45, 7) is 3.69. The lowest BCUT2D eigenvalue weighted by Crippen LogP contribution is -1.74. The average Bonchev–Trinajstić information content (AvgIpc) is 1.94. The van der Waals surface area contributed by atoms with E-state index in [1.165, 1.54) is 5.57 Å². The lowest BCUT2D eigenvalue weighted by molar-refractivity contribution is 1.29. The van der Waals surface area contributed by atoms with E-state index in [9.17, 15) is 0 Å². The van der Waals surface area contributed by atoms with Crippen LogP contribution in [-0.2, 0) is 0 Å². The lowest BCUT2D eigenvalue weighted by atomic mass is 10.1. The van der Waals surface area contributed by atoms with E-state index < -0.39 is 0 Å². The van der Waals surface area contributed by atoms with Gasteiger partial charge in [-0.15, -0.1) is 6.58 Å². The Balaban J connectivity index is 2.69. The first-order chi connectivity index (χ1) is 5.43. The zero-order valence-corrected chi connectivity index (χ0v) is 6.53. The van der Waals surface area contributed by atoms with Gasteiger partial charge in [0.25, 0.3) is 0 Å². The molecule has 0 spiro atoms. The second-order valence-electron chi connectivity index (χ2n) is 2.36. The van der Waals surface area contributed by atoms with E-state index in [2.05, 4.69) is 18.7 Å². The molecule has 1 aliphatic rings. The highest BCUT2D eigenvalue weighted by Crippen LogP contribution is 2.06. The van der Waals surface area contributed by atoms with Crippen LogP contribution in [0.2, 0.25) is 0 Å². The summed E-state index contributed by atoms with van der Waals surface area (Å²) in [5, 5.41) is 0. The molecular weight excluding hydrogens is 132 g/mol. The number of hydrogen-bond acceptors (Lipinski definition) is 0. The van der Waals surface area contributed by atoms with Crippen molar-refractivity contribution < 1.29 is 0 Å². The van der Waals surface area contributed by atoms with Crippen molar-refractivity contribution in [1.82, 2.24) is 0 Å². The second kappa shape index (κ2) is 4.51. The predicted octanol–water partition coefficient (Wildman–Crippen LogP) is 3.17. The van der Waals surface area contributed by atoms with Gasteiger partial charge in [-0.3, -0.25) is 0 Å². The molecule has 0 saturated heterocycles. The van der Waals surface area contributed by atoms with Gasteiger partial charge in [0.05, 0.1) is 0 Å².